The van der Waals surface area contributed by atoms with Crippen LogP contribution in [0, 0.1) is 19.7 Å². The topological polar surface area (TPSA) is 62.2 Å². The van der Waals surface area contributed by atoms with Crippen LogP contribution in [0.3, 0.4) is 0 Å². The highest BCUT2D eigenvalue weighted by Gasteiger charge is 2.08. The smallest absolute Gasteiger partial charge is 0.253 e. The lowest BCUT2D eigenvalue weighted by atomic mass is 10.1. The number of nitrogens with one attached hydrogen (secondary N) is 1. The molecule has 1 amide bonds. The van der Waals surface area contributed by atoms with Crippen molar-refractivity contribution >= 4 is 5.91 Å². The van der Waals surface area contributed by atoms with E-state index in [1.165, 1.54) is 18.5 Å². The van der Waals surface area contributed by atoms with E-state index >= 15 is 0 Å². The van der Waals surface area contributed by atoms with Gasteiger partial charge in [0.25, 0.3) is 5.91 Å². The minimum atomic E-state index is -0.340. The Morgan fingerprint density at radius 1 is 1.25 bits per heavy atom. The van der Waals surface area contributed by atoms with E-state index in [1.807, 2.05) is 0 Å². The highest BCUT2D eigenvalue weighted by atomic mass is 19.1. The number of halogens is 1. The summed E-state index contributed by atoms with van der Waals surface area (Å²) >= 11 is 0. The molecule has 2 N–H and O–H groups in total. The fraction of sp³-hybridized carbons (Fsp3) is 0.200. The van der Waals surface area contributed by atoms with E-state index in [-0.39, 0.29) is 29.6 Å². The van der Waals surface area contributed by atoms with Crippen LogP contribution in [0.25, 0.3) is 0 Å². The van der Waals surface area contributed by atoms with Crippen molar-refractivity contribution in [3.05, 3.63) is 58.7 Å². The Kier molecular flexibility index (Phi) is 3.98. The first-order valence-corrected chi connectivity index (χ1v) is 6.15. The Morgan fingerprint density at radius 2 is 1.90 bits per heavy atom. The van der Waals surface area contributed by atoms with Gasteiger partial charge in [0.2, 0.25) is 0 Å². The SMILES string of the molecule is Cc1cc(CNC(=O)c2cncc(O)c2)cc(C)c1F. The molecule has 20 heavy (non-hydrogen) atoms. The van der Waals surface area contributed by atoms with Gasteiger partial charge in [0.1, 0.15) is 11.6 Å². The van der Waals surface area contributed by atoms with Gasteiger partial charge in [-0.3, -0.25) is 9.78 Å². The van der Waals surface area contributed by atoms with Crippen LogP contribution in [0.1, 0.15) is 27.0 Å². The molecule has 0 saturated carbocycles. The molecule has 1 aromatic carbocycles. The molecule has 0 aliphatic carbocycles. The van der Waals surface area contributed by atoms with Crippen molar-refractivity contribution < 1.29 is 14.3 Å². The molecule has 0 atom stereocenters. The first-order valence-electron chi connectivity index (χ1n) is 6.15. The minimum Gasteiger partial charge on any atom is -0.506 e. The lowest BCUT2D eigenvalue weighted by molar-refractivity contribution is 0.0950. The van der Waals surface area contributed by atoms with Crippen LogP contribution in [0.2, 0.25) is 0 Å². The number of carbonyl (C=O) groups is 1. The maximum atomic E-state index is 13.5. The van der Waals surface area contributed by atoms with E-state index in [1.54, 1.807) is 26.0 Å². The number of aromatic nitrogens is 1. The normalized spacial score (nSPS) is 10.3. The number of aromatic hydroxyl groups is 1. The Balaban J connectivity index is 2.07. The van der Waals surface area contributed by atoms with Gasteiger partial charge in [-0.2, -0.15) is 0 Å². The minimum absolute atomic E-state index is 0.0638. The molecule has 0 saturated heterocycles. The van der Waals surface area contributed by atoms with Gasteiger partial charge in [-0.05, 0) is 36.6 Å². The number of rotatable bonds is 3. The van der Waals surface area contributed by atoms with Crippen LogP contribution in [-0.2, 0) is 6.54 Å². The number of hydrogen-bond acceptors (Lipinski definition) is 3. The van der Waals surface area contributed by atoms with Crippen molar-refractivity contribution in [2.24, 2.45) is 0 Å². The zero-order valence-corrected chi connectivity index (χ0v) is 11.3. The molecule has 0 bridgehead atoms. The van der Waals surface area contributed by atoms with Crippen LogP contribution in [0.4, 0.5) is 4.39 Å². The third kappa shape index (κ3) is 3.12. The van der Waals surface area contributed by atoms with Crippen LogP contribution in [0.5, 0.6) is 5.75 Å². The second-order valence-electron chi connectivity index (χ2n) is 4.66. The van der Waals surface area contributed by atoms with Gasteiger partial charge in [0.05, 0.1) is 11.8 Å². The Hall–Kier alpha value is -2.43. The summed E-state index contributed by atoms with van der Waals surface area (Å²) in [5, 5.41) is 12.0. The maximum Gasteiger partial charge on any atom is 0.253 e. The van der Waals surface area contributed by atoms with Gasteiger partial charge >= 0.3 is 0 Å². The monoisotopic (exact) mass is 274 g/mol. The van der Waals surface area contributed by atoms with E-state index < -0.39 is 0 Å². The summed E-state index contributed by atoms with van der Waals surface area (Å²) < 4.78 is 13.5. The summed E-state index contributed by atoms with van der Waals surface area (Å²) in [6.45, 7) is 3.66. The van der Waals surface area contributed by atoms with Crippen molar-refractivity contribution in [2.45, 2.75) is 20.4 Å². The average molecular weight is 274 g/mol. The number of hydrogen-bond donors (Lipinski definition) is 2. The quantitative estimate of drug-likeness (QED) is 0.903. The molecule has 0 aliphatic rings. The largest absolute Gasteiger partial charge is 0.506 e. The van der Waals surface area contributed by atoms with Crippen LogP contribution >= 0.6 is 0 Å². The van der Waals surface area contributed by atoms with Gasteiger partial charge in [-0.1, -0.05) is 12.1 Å². The van der Waals surface area contributed by atoms with Crippen molar-refractivity contribution in [1.29, 1.82) is 0 Å². The van der Waals surface area contributed by atoms with Crippen molar-refractivity contribution in [3.8, 4) is 5.75 Å². The lowest BCUT2D eigenvalue weighted by Gasteiger charge is -2.08. The third-order valence-electron chi connectivity index (χ3n) is 2.94. The number of carbonyl (C=O) groups excluding carboxylic acids is 1. The van der Waals surface area contributed by atoms with Crippen LogP contribution in [0.15, 0.2) is 30.6 Å². The summed E-state index contributed by atoms with van der Waals surface area (Å²) in [5.41, 5.74) is 2.20. The zero-order chi connectivity index (χ0) is 14.7. The molecule has 5 heteroatoms. The predicted molar refractivity (Wildman–Crippen MR) is 72.9 cm³/mol. The van der Waals surface area contributed by atoms with Gasteiger partial charge in [0.15, 0.2) is 0 Å². The van der Waals surface area contributed by atoms with E-state index in [4.69, 9.17) is 0 Å². The van der Waals surface area contributed by atoms with E-state index in [9.17, 15) is 14.3 Å². The molecule has 0 aliphatic heterocycles. The van der Waals surface area contributed by atoms with Crippen molar-refractivity contribution in [2.75, 3.05) is 0 Å². The van der Waals surface area contributed by atoms with Crippen molar-refractivity contribution in [3.63, 3.8) is 0 Å². The Morgan fingerprint density at radius 3 is 2.50 bits per heavy atom. The van der Waals surface area contributed by atoms with Gasteiger partial charge in [-0.15, -0.1) is 0 Å². The van der Waals surface area contributed by atoms with Gasteiger partial charge in [0, 0.05) is 12.7 Å². The molecule has 0 fully saturated rings. The second-order valence-corrected chi connectivity index (χ2v) is 4.66. The molecular weight excluding hydrogens is 259 g/mol. The summed E-state index contributed by atoms with van der Waals surface area (Å²) in [6, 6.07) is 4.73. The number of benzene rings is 1. The molecule has 2 aromatic rings. The maximum absolute atomic E-state index is 13.5. The zero-order valence-electron chi connectivity index (χ0n) is 11.3. The lowest BCUT2D eigenvalue weighted by Crippen LogP contribution is -2.23. The molecular formula is C15H15FN2O2. The highest BCUT2D eigenvalue weighted by molar-refractivity contribution is 5.94. The van der Waals surface area contributed by atoms with Crippen molar-refractivity contribution in [1.82, 2.24) is 10.3 Å². The molecule has 2 rings (SSSR count). The highest BCUT2D eigenvalue weighted by Crippen LogP contribution is 2.15. The Bertz CT molecular complexity index is 633. The summed E-state index contributed by atoms with van der Waals surface area (Å²) in [6.07, 6.45) is 2.62. The standard InChI is InChI=1S/C15H15FN2O2/c1-9-3-11(4-10(2)14(9)16)6-18-15(20)12-5-13(19)8-17-7-12/h3-5,7-8,19H,6H2,1-2H3,(H,18,20). The summed E-state index contributed by atoms with van der Waals surface area (Å²) in [5.74, 6) is -0.628. The number of nitrogens with zero attached hydrogens (tertiary/aromatic N) is 1. The number of aryl methyl sites for hydroxylation is 2. The number of pyridine rings is 1. The third-order valence-corrected chi connectivity index (χ3v) is 2.94. The second kappa shape index (κ2) is 5.69. The molecule has 1 heterocycles. The van der Waals surface area contributed by atoms with Crippen LogP contribution in [-0.4, -0.2) is 16.0 Å². The van der Waals surface area contributed by atoms with Crippen LogP contribution < -0.4 is 5.32 Å². The predicted octanol–water partition coefficient (Wildman–Crippen LogP) is 2.47. The van der Waals surface area contributed by atoms with E-state index in [2.05, 4.69) is 10.3 Å². The molecule has 1 aromatic heterocycles. The molecule has 0 radical (unpaired) electrons. The molecule has 104 valence electrons. The van der Waals surface area contributed by atoms with Gasteiger partial charge in [-0.25, -0.2) is 4.39 Å². The first kappa shape index (κ1) is 14.0. The summed E-state index contributed by atoms with van der Waals surface area (Å²) in [7, 11) is 0. The first-order chi connectivity index (χ1) is 9.47. The Labute approximate surface area is 116 Å². The summed E-state index contributed by atoms with van der Waals surface area (Å²) in [4.78, 5) is 15.6. The average Bonchev–Trinajstić information content (AvgIpc) is 2.42. The van der Waals surface area contributed by atoms with E-state index in [0.29, 0.717) is 11.1 Å². The number of amides is 1. The molecule has 0 spiro atoms. The van der Waals surface area contributed by atoms with E-state index in [0.717, 1.165) is 5.56 Å². The molecule has 0 unspecified atom stereocenters. The molecule has 4 nitrogen and oxygen atoms in total. The van der Waals surface area contributed by atoms with Gasteiger partial charge < -0.3 is 10.4 Å². The fourth-order valence-electron chi connectivity index (χ4n) is 1.97. The fourth-order valence-corrected chi connectivity index (χ4v) is 1.97.